The Balaban J connectivity index is 1.59. The first kappa shape index (κ1) is 26.0. The SMILES string of the molecule is CC(C)N1CC=C[C@]23S[C@]4(C)C=CCN(c5ccccc5)C(=O)[C@@H]4[C@H]2C(=O)N(CCCCCO)C3C1=O. The molecule has 5 atom stereocenters. The van der Waals surface area contributed by atoms with Crippen molar-refractivity contribution < 1.29 is 19.5 Å². The molecule has 1 aromatic carbocycles. The minimum absolute atomic E-state index is 0.000239. The smallest absolute Gasteiger partial charge is 0.247 e. The molecule has 4 aliphatic heterocycles. The van der Waals surface area contributed by atoms with Crippen LogP contribution in [0.3, 0.4) is 0 Å². The van der Waals surface area contributed by atoms with Crippen LogP contribution >= 0.6 is 11.8 Å². The Kier molecular flexibility index (Phi) is 7.00. The number of carbonyl (C=O) groups excluding carboxylic acids is 3. The number of nitrogens with zero attached hydrogens (tertiary/aromatic N) is 3. The van der Waals surface area contributed by atoms with Gasteiger partial charge in [0.1, 0.15) is 6.04 Å². The zero-order chi connectivity index (χ0) is 26.4. The number of para-hydroxylation sites is 1. The molecule has 3 amide bonds. The predicted molar refractivity (Wildman–Crippen MR) is 146 cm³/mol. The standard InChI is InChI=1S/C29H37N3O4S/c1-20(2)30-17-11-15-29-23(26(35)32(24(29)27(30)36)16-8-5-9-19-33)22-25(34)31(21-12-6-4-7-13-21)18-10-14-28(22,3)37-29/h4,6-7,10-15,20,22-24,33H,5,8-9,16-19H2,1-3H3/t22-,23-,24?,28+,29-/m0/s1. The fourth-order valence-electron chi connectivity index (χ4n) is 6.65. The lowest BCUT2D eigenvalue weighted by atomic mass is 9.74. The van der Waals surface area contributed by atoms with E-state index in [2.05, 4.69) is 19.1 Å². The van der Waals surface area contributed by atoms with E-state index in [-0.39, 0.29) is 30.4 Å². The molecular weight excluding hydrogens is 486 g/mol. The summed E-state index contributed by atoms with van der Waals surface area (Å²) in [6.07, 6.45) is 10.4. The summed E-state index contributed by atoms with van der Waals surface area (Å²) in [5, 5.41) is 9.23. The third kappa shape index (κ3) is 4.13. The van der Waals surface area contributed by atoms with Gasteiger partial charge in [0.2, 0.25) is 17.7 Å². The molecule has 0 radical (unpaired) electrons. The van der Waals surface area contributed by atoms with Gasteiger partial charge in [-0.2, -0.15) is 0 Å². The van der Waals surface area contributed by atoms with Crippen molar-refractivity contribution >= 4 is 35.2 Å². The highest BCUT2D eigenvalue weighted by atomic mass is 32.2. The zero-order valence-electron chi connectivity index (χ0n) is 21.9. The van der Waals surface area contributed by atoms with E-state index < -0.39 is 27.4 Å². The van der Waals surface area contributed by atoms with Crippen molar-refractivity contribution in [2.24, 2.45) is 11.8 Å². The molecule has 0 saturated carbocycles. The van der Waals surface area contributed by atoms with E-state index in [1.807, 2.05) is 61.2 Å². The number of benzene rings is 1. The Hall–Kier alpha value is -2.58. The molecule has 0 bridgehead atoms. The van der Waals surface area contributed by atoms with Gasteiger partial charge in [-0.15, -0.1) is 11.8 Å². The number of amides is 3. The third-order valence-electron chi connectivity index (χ3n) is 8.34. The lowest BCUT2D eigenvalue weighted by Crippen LogP contribution is -2.54. The van der Waals surface area contributed by atoms with E-state index in [0.717, 1.165) is 12.1 Å². The van der Waals surface area contributed by atoms with E-state index in [0.29, 0.717) is 32.5 Å². The van der Waals surface area contributed by atoms with Gasteiger partial charge in [0.15, 0.2) is 0 Å². The molecule has 1 N–H and O–H groups in total. The van der Waals surface area contributed by atoms with Gasteiger partial charge in [-0.25, -0.2) is 0 Å². The third-order valence-corrected chi connectivity index (χ3v) is 10.1. The predicted octanol–water partition coefficient (Wildman–Crippen LogP) is 3.25. The van der Waals surface area contributed by atoms with Gasteiger partial charge >= 0.3 is 0 Å². The van der Waals surface area contributed by atoms with Gasteiger partial charge in [-0.05, 0) is 52.2 Å². The summed E-state index contributed by atoms with van der Waals surface area (Å²) in [5.74, 6) is -1.42. The first-order chi connectivity index (χ1) is 17.7. The number of hydrogen-bond acceptors (Lipinski definition) is 5. The topological polar surface area (TPSA) is 81.2 Å². The largest absolute Gasteiger partial charge is 0.396 e. The van der Waals surface area contributed by atoms with Crippen molar-refractivity contribution in [3.63, 3.8) is 0 Å². The minimum Gasteiger partial charge on any atom is -0.396 e. The maximum Gasteiger partial charge on any atom is 0.247 e. The number of likely N-dealkylation sites (tertiary alicyclic amines) is 1. The Bertz CT molecular complexity index is 1120. The second-order valence-corrected chi connectivity index (χ2v) is 12.8. The molecule has 5 rings (SSSR count). The molecule has 37 heavy (non-hydrogen) atoms. The van der Waals surface area contributed by atoms with Gasteiger partial charge < -0.3 is 19.8 Å². The monoisotopic (exact) mass is 523 g/mol. The summed E-state index contributed by atoms with van der Waals surface area (Å²) in [5.41, 5.74) is 0.814. The summed E-state index contributed by atoms with van der Waals surface area (Å²) in [4.78, 5) is 48.1. The van der Waals surface area contributed by atoms with Crippen molar-refractivity contribution in [1.82, 2.24) is 9.80 Å². The molecule has 4 heterocycles. The van der Waals surface area contributed by atoms with Crippen LogP contribution in [0.4, 0.5) is 5.69 Å². The second-order valence-electron chi connectivity index (χ2n) is 11.0. The number of rotatable bonds is 7. The molecule has 0 aromatic heterocycles. The molecule has 4 aliphatic rings. The fraction of sp³-hybridized carbons (Fsp3) is 0.552. The highest BCUT2D eigenvalue weighted by molar-refractivity contribution is 8.02. The Morgan fingerprint density at radius 1 is 0.946 bits per heavy atom. The number of aliphatic hydroxyl groups is 1. The molecule has 1 aromatic rings. The minimum atomic E-state index is -0.812. The average Bonchev–Trinajstić information content (AvgIpc) is 3.13. The van der Waals surface area contributed by atoms with Crippen LogP contribution in [-0.4, -0.2) is 80.4 Å². The molecule has 7 nitrogen and oxygen atoms in total. The Morgan fingerprint density at radius 3 is 2.38 bits per heavy atom. The number of fused-ring (bicyclic) bond motifs is 2. The summed E-state index contributed by atoms with van der Waals surface area (Å²) in [6, 6.07) is 8.96. The van der Waals surface area contributed by atoms with Crippen LogP contribution in [0.5, 0.6) is 0 Å². The number of carbonyl (C=O) groups is 3. The summed E-state index contributed by atoms with van der Waals surface area (Å²) < 4.78 is -1.42. The van der Waals surface area contributed by atoms with E-state index in [1.54, 1.807) is 21.6 Å². The van der Waals surface area contributed by atoms with Crippen molar-refractivity contribution in [1.29, 1.82) is 0 Å². The number of aliphatic hydroxyl groups excluding tert-OH is 1. The molecule has 8 heteroatoms. The van der Waals surface area contributed by atoms with Gasteiger partial charge in [-0.3, -0.25) is 14.4 Å². The quantitative estimate of drug-likeness (QED) is 0.438. The highest BCUT2D eigenvalue weighted by Crippen LogP contribution is 2.65. The van der Waals surface area contributed by atoms with Crippen molar-refractivity contribution in [2.75, 3.05) is 31.1 Å². The maximum absolute atomic E-state index is 14.3. The number of thioether (sulfide) groups is 1. The molecule has 1 spiro atoms. The maximum atomic E-state index is 14.3. The van der Waals surface area contributed by atoms with E-state index in [1.165, 1.54) is 0 Å². The van der Waals surface area contributed by atoms with Gasteiger partial charge in [0.25, 0.3) is 0 Å². The first-order valence-corrected chi connectivity index (χ1v) is 14.2. The second kappa shape index (κ2) is 9.95. The van der Waals surface area contributed by atoms with Gasteiger partial charge in [0, 0.05) is 42.7 Å². The summed E-state index contributed by atoms with van der Waals surface area (Å²) >= 11 is 1.62. The highest BCUT2D eigenvalue weighted by Gasteiger charge is 2.73. The Morgan fingerprint density at radius 2 is 1.68 bits per heavy atom. The fourth-order valence-corrected chi connectivity index (χ4v) is 8.81. The van der Waals surface area contributed by atoms with Gasteiger partial charge in [-0.1, -0.05) is 42.5 Å². The van der Waals surface area contributed by atoms with E-state index in [9.17, 15) is 19.5 Å². The van der Waals surface area contributed by atoms with Crippen LogP contribution in [0, 0.1) is 11.8 Å². The average molecular weight is 524 g/mol. The molecule has 2 fully saturated rings. The van der Waals surface area contributed by atoms with Crippen LogP contribution in [0.25, 0.3) is 0 Å². The number of unbranched alkanes of at least 4 members (excludes halogenated alkanes) is 2. The van der Waals surface area contributed by atoms with Crippen LogP contribution in [-0.2, 0) is 14.4 Å². The number of anilines is 1. The number of hydrogen-bond donors (Lipinski definition) is 1. The van der Waals surface area contributed by atoms with Crippen molar-refractivity contribution in [2.45, 2.75) is 61.6 Å². The lowest BCUT2D eigenvalue weighted by molar-refractivity contribution is -0.143. The first-order valence-electron chi connectivity index (χ1n) is 13.4. The van der Waals surface area contributed by atoms with Gasteiger partial charge in [0.05, 0.1) is 16.6 Å². The van der Waals surface area contributed by atoms with E-state index in [4.69, 9.17) is 0 Å². The van der Waals surface area contributed by atoms with Crippen LogP contribution in [0.1, 0.15) is 40.0 Å². The molecule has 198 valence electrons. The van der Waals surface area contributed by atoms with Crippen LogP contribution < -0.4 is 4.90 Å². The van der Waals surface area contributed by atoms with Crippen LogP contribution in [0.15, 0.2) is 54.6 Å². The molecular formula is C29H37N3O4S. The lowest BCUT2D eigenvalue weighted by Gasteiger charge is -2.37. The molecule has 2 saturated heterocycles. The van der Waals surface area contributed by atoms with E-state index >= 15 is 0 Å². The molecule has 1 unspecified atom stereocenters. The molecule has 0 aliphatic carbocycles. The Labute approximate surface area is 223 Å². The van der Waals surface area contributed by atoms with Crippen LogP contribution in [0.2, 0.25) is 0 Å². The van der Waals surface area contributed by atoms with Crippen molar-refractivity contribution in [3.8, 4) is 0 Å². The summed E-state index contributed by atoms with van der Waals surface area (Å²) in [6.45, 7) is 7.56. The summed E-state index contributed by atoms with van der Waals surface area (Å²) in [7, 11) is 0. The van der Waals surface area contributed by atoms with Crippen molar-refractivity contribution in [3.05, 3.63) is 54.6 Å². The zero-order valence-corrected chi connectivity index (χ0v) is 22.7. The normalized spacial score (nSPS) is 33.1.